The predicted molar refractivity (Wildman–Crippen MR) is 141 cm³/mol. The molecule has 0 aromatic heterocycles. The van der Waals surface area contributed by atoms with Gasteiger partial charge in [0, 0.05) is 5.56 Å². The molecular weight excluding hydrogens is 422 g/mol. The molecule has 34 heavy (non-hydrogen) atoms. The Kier molecular flexibility index (Phi) is 12.8. The summed E-state index contributed by atoms with van der Waals surface area (Å²) in [6.07, 6.45) is 11.8. The van der Waals surface area contributed by atoms with E-state index in [2.05, 4.69) is 45.3 Å². The average molecular weight is 469 g/mol. The quantitative estimate of drug-likeness (QED) is 0.107. The van der Waals surface area contributed by atoms with E-state index < -0.39 is 0 Å². The summed E-state index contributed by atoms with van der Waals surface area (Å²) < 4.78 is 11.8. The third-order valence-corrected chi connectivity index (χ3v) is 6.29. The van der Waals surface area contributed by atoms with Gasteiger partial charge in [-0.05, 0) is 37.5 Å². The molecule has 0 amide bonds. The van der Waals surface area contributed by atoms with Gasteiger partial charge in [0.25, 0.3) is 0 Å². The van der Waals surface area contributed by atoms with Gasteiger partial charge in [0.1, 0.15) is 18.2 Å². The number of rotatable bonds is 17. The third kappa shape index (κ3) is 11.7. The van der Waals surface area contributed by atoms with E-state index in [0.29, 0.717) is 6.54 Å². The van der Waals surface area contributed by atoms with E-state index in [1.54, 1.807) is 0 Å². The van der Waals surface area contributed by atoms with Crippen molar-refractivity contribution >= 4 is 5.97 Å². The van der Waals surface area contributed by atoms with Crippen LogP contribution in [0.25, 0.3) is 0 Å². The van der Waals surface area contributed by atoms with Gasteiger partial charge in [-0.3, -0.25) is 4.79 Å². The Labute approximate surface area is 207 Å². The Hall–Kier alpha value is -2.33. The highest BCUT2D eigenvalue weighted by Gasteiger charge is 2.25. The molecule has 2 aromatic rings. The van der Waals surface area contributed by atoms with Crippen LogP contribution < -0.4 is 4.74 Å². The second-order valence-electron chi connectivity index (χ2n) is 10.3. The molecule has 0 fully saturated rings. The second kappa shape index (κ2) is 15.5. The van der Waals surface area contributed by atoms with Crippen molar-refractivity contribution in [3.8, 4) is 5.75 Å². The summed E-state index contributed by atoms with van der Waals surface area (Å²) in [7, 11) is 4.28. The lowest BCUT2D eigenvalue weighted by molar-refractivity contribution is -0.905. The van der Waals surface area contributed by atoms with Crippen molar-refractivity contribution < 1.29 is 18.8 Å². The van der Waals surface area contributed by atoms with Crippen LogP contribution in [0.1, 0.15) is 76.3 Å². The molecule has 188 valence electrons. The fraction of sp³-hybridized carbons (Fsp3) is 0.567. The number of esters is 1. The smallest absolute Gasteiger partial charge is 0.317 e. The molecular formula is C30H46NO3+. The van der Waals surface area contributed by atoms with Gasteiger partial charge < -0.3 is 14.0 Å². The predicted octanol–water partition coefficient (Wildman–Crippen LogP) is 7.16. The number of aryl methyl sites for hydroxylation is 1. The second-order valence-corrected chi connectivity index (χ2v) is 10.3. The van der Waals surface area contributed by atoms with Crippen LogP contribution in [0.15, 0.2) is 54.6 Å². The van der Waals surface area contributed by atoms with Crippen molar-refractivity contribution in [2.24, 2.45) is 5.92 Å². The summed E-state index contributed by atoms with van der Waals surface area (Å²) in [5.74, 6) is 0.322. The maximum atomic E-state index is 12.5. The van der Waals surface area contributed by atoms with Crippen LogP contribution >= 0.6 is 0 Å². The Morgan fingerprint density at radius 1 is 0.824 bits per heavy atom. The van der Waals surface area contributed by atoms with E-state index >= 15 is 0 Å². The van der Waals surface area contributed by atoms with Gasteiger partial charge in [-0.2, -0.15) is 0 Å². The number of ether oxygens (including phenoxy) is 2. The van der Waals surface area contributed by atoms with Gasteiger partial charge in [-0.25, -0.2) is 0 Å². The van der Waals surface area contributed by atoms with Crippen LogP contribution in [-0.2, 0) is 22.5 Å². The maximum Gasteiger partial charge on any atom is 0.317 e. The van der Waals surface area contributed by atoms with Crippen LogP contribution in [-0.4, -0.2) is 37.9 Å². The molecule has 4 heteroatoms. The summed E-state index contributed by atoms with van der Waals surface area (Å²) in [5, 5.41) is 0. The highest BCUT2D eigenvalue weighted by Crippen LogP contribution is 2.17. The van der Waals surface area contributed by atoms with Crippen molar-refractivity contribution in [2.75, 3.05) is 27.4 Å². The molecule has 0 bridgehead atoms. The van der Waals surface area contributed by atoms with E-state index in [9.17, 15) is 4.79 Å². The van der Waals surface area contributed by atoms with Gasteiger partial charge in [0.2, 0.25) is 6.79 Å². The van der Waals surface area contributed by atoms with E-state index in [1.807, 2.05) is 37.3 Å². The first-order chi connectivity index (χ1) is 16.4. The highest BCUT2D eigenvalue weighted by atomic mass is 16.7. The largest absolute Gasteiger partial charge is 0.457 e. The summed E-state index contributed by atoms with van der Waals surface area (Å²) in [5.41, 5.74) is 2.60. The normalized spacial score (nSPS) is 12.4. The zero-order valence-electron chi connectivity index (χ0n) is 21.9. The molecule has 0 N–H and O–H groups in total. The van der Waals surface area contributed by atoms with Gasteiger partial charge in [0.15, 0.2) is 0 Å². The summed E-state index contributed by atoms with van der Waals surface area (Å²) >= 11 is 0. The van der Waals surface area contributed by atoms with Crippen LogP contribution in [0.4, 0.5) is 0 Å². The molecule has 2 aromatic carbocycles. The fourth-order valence-electron chi connectivity index (χ4n) is 4.47. The first kappa shape index (κ1) is 27.9. The van der Waals surface area contributed by atoms with E-state index in [-0.39, 0.29) is 18.7 Å². The van der Waals surface area contributed by atoms with Crippen LogP contribution in [0, 0.1) is 5.92 Å². The number of carbonyl (C=O) groups is 1. The highest BCUT2D eigenvalue weighted by molar-refractivity contribution is 5.72. The summed E-state index contributed by atoms with van der Waals surface area (Å²) in [6, 6.07) is 18.5. The molecule has 2 rings (SSSR count). The maximum absolute atomic E-state index is 12.5. The Morgan fingerprint density at radius 3 is 2.09 bits per heavy atom. The lowest BCUT2D eigenvalue weighted by atomic mass is 10.0. The molecule has 0 saturated heterocycles. The topological polar surface area (TPSA) is 35.5 Å². The minimum atomic E-state index is -0.217. The minimum absolute atomic E-state index is 0.0489. The van der Waals surface area contributed by atoms with Crippen molar-refractivity contribution in [3.63, 3.8) is 0 Å². The number of unbranched alkanes of at least 4 members (excludes halogenated alkanes) is 7. The van der Waals surface area contributed by atoms with Crippen molar-refractivity contribution in [3.05, 3.63) is 65.7 Å². The van der Waals surface area contributed by atoms with Crippen molar-refractivity contribution in [2.45, 2.75) is 78.2 Å². The van der Waals surface area contributed by atoms with Gasteiger partial charge >= 0.3 is 5.97 Å². The molecule has 0 heterocycles. The van der Waals surface area contributed by atoms with Crippen molar-refractivity contribution in [1.82, 2.24) is 0 Å². The number of nitrogens with zero attached hydrogens (tertiary/aromatic N) is 1. The molecule has 0 aliphatic rings. The lowest BCUT2D eigenvalue weighted by Gasteiger charge is -2.31. The SMILES string of the molecule is CCCCCCCCCCc1ccc(OCOC(=O)C(C)C[N+](C)(C)Cc2ccccc2)cc1. The average Bonchev–Trinajstić information content (AvgIpc) is 2.81. The molecule has 0 aliphatic carbocycles. The number of quaternary nitrogens is 1. The number of carbonyl (C=O) groups excluding carboxylic acids is 1. The van der Waals surface area contributed by atoms with E-state index in [4.69, 9.17) is 9.47 Å². The molecule has 4 nitrogen and oxygen atoms in total. The molecule has 0 radical (unpaired) electrons. The number of benzene rings is 2. The zero-order valence-corrected chi connectivity index (χ0v) is 21.9. The first-order valence-electron chi connectivity index (χ1n) is 13.1. The Morgan fingerprint density at radius 2 is 1.44 bits per heavy atom. The molecule has 0 spiro atoms. The molecule has 0 aliphatic heterocycles. The van der Waals surface area contributed by atoms with Gasteiger partial charge in [0.05, 0.1) is 20.6 Å². The number of hydrogen-bond donors (Lipinski definition) is 0. The third-order valence-electron chi connectivity index (χ3n) is 6.29. The van der Waals surface area contributed by atoms with Crippen LogP contribution in [0.5, 0.6) is 5.75 Å². The van der Waals surface area contributed by atoms with Gasteiger partial charge in [-0.15, -0.1) is 0 Å². The Balaban J connectivity index is 1.61. The molecule has 1 atom stereocenters. The Bertz CT molecular complexity index is 802. The summed E-state index contributed by atoms with van der Waals surface area (Å²) in [4.78, 5) is 12.5. The van der Waals surface area contributed by atoms with Crippen LogP contribution in [0.3, 0.4) is 0 Å². The molecule has 0 saturated carbocycles. The zero-order chi connectivity index (χ0) is 24.7. The number of hydrogen-bond acceptors (Lipinski definition) is 3. The van der Waals surface area contributed by atoms with Crippen LogP contribution in [0.2, 0.25) is 0 Å². The summed E-state index contributed by atoms with van der Waals surface area (Å²) in [6.45, 7) is 5.72. The fourth-order valence-corrected chi connectivity index (χ4v) is 4.47. The first-order valence-corrected chi connectivity index (χ1v) is 13.1. The monoisotopic (exact) mass is 468 g/mol. The molecule has 1 unspecified atom stereocenters. The van der Waals surface area contributed by atoms with Gasteiger partial charge in [-0.1, -0.05) is 94.3 Å². The van der Waals surface area contributed by atoms with E-state index in [0.717, 1.165) is 23.2 Å². The minimum Gasteiger partial charge on any atom is -0.457 e. The van der Waals surface area contributed by atoms with Crippen molar-refractivity contribution in [1.29, 1.82) is 0 Å². The standard InChI is InChI=1S/C30H46NO3/c1-5-6-7-8-9-10-11-13-16-27-19-21-29(22-20-27)33-25-34-30(32)26(2)23-31(3,4)24-28-17-14-12-15-18-28/h12,14-15,17-22,26H,5-11,13,16,23-25H2,1-4H3/q+1. The van der Waals surface area contributed by atoms with E-state index in [1.165, 1.54) is 62.5 Å². The lowest BCUT2D eigenvalue weighted by Crippen LogP contribution is -2.44.